The molecule has 3 heteroatoms. The van der Waals surface area contributed by atoms with Crippen LogP contribution in [0, 0.1) is 0 Å². The highest BCUT2D eigenvalue weighted by molar-refractivity contribution is 5.76. The number of esters is 1. The van der Waals surface area contributed by atoms with Gasteiger partial charge in [0, 0.05) is 0 Å². The fraction of sp³-hybridized carbons (Fsp3) is 0.500. The monoisotopic (exact) mass is 236 g/mol. The summed E-state index contributed by atoms with van der Waals surface area (Å²) in [5.41, 5.74) is 1.75. The van der Waals surface area contributed by atoms with E-state index in [0.717, 1.165) is 0 Å². The van der Waals surface area contributed by atoms with Crippen LogP contribution in [0.1, 0.15) is 50.8 Å². The number of carbonyl (C=O) groups excluding carboxylic acids is 1. The zero-order chi connectivity index (χ0) is 13.0. The molecule has 3 nitrogen and oxygen atoms in total. The van der Waals surface area contributed by atoms with Gasteiger partial charge in [0.15, 0.2) is 6.10 Å². The van der Waals surface area contributed by atoms with Crippen LogP contribution >= 0.6 is 0 Å². The summed E-state index contributed by atoms with van der Waals surface area (Å²) in [4.78, 5) is 11.5. The second-order valence-electron chi connectivity index (χ2n) is 4.71. The van der Waals surface area contributed by atoms with E-state index in [-0.39, 0.29) is 6.10 Å². The Labute approximate surface area is 102 Å². The third-order valence-electron chi connectivity index (χ3n) is 2.49. The molecule has 0 aliphatic rings. The molecule has 1 unspecified atom stereocenters. The molecule has 0 aliphatic heterocycles. The summed E-state index contributed by atoms with van der Waals surface area (Å²) in [6.45, 7) is 7.70. The van der Waals surface area contributed by atoms with Crippen molar-refractivity contribution in [1.82, 2.24) is 0 Å². The van der Waals surface area contributed by atoms with Crippen molar-refractivity contribution in [2.24, 2.45) is 0 Å². The zero-order valence-electron chi connectivity index (χ0n) is 10.8. The minimum atomic E-state index is -1.20. The van der Waals surface area contributed by atoms with E-state index in [1.807, 2.05) is 12.1 Å². The number of rotatable bonds is 4. The van der Waals surface area contributed by atoms with Crippen LogP contribution in [-0.2, 0) is 9.53 Å². The first kappa shape index (κ1) is 13.7. The molecule has 0 saturated heterocycles. The molecule has 0 aliphatic carbocycles. The third-order valence-corrected chi connectivity index (χ3v) is 2.49. The Kier molecular flexibility index (Phi) is 4.70. The summed E-state index contributed by atoms with van der Waals surface area (Å²) in [5, 5.41) is 9.79. The van der Waals surface area contributed by atoms with Crippen LogP contribution in [0.4, 0.5) is 0 Å². The smallest absolute Gasteiger partial charge is 0.339 e. The van der Waals surface area contributed by atoms with Crippen LogP contribution in [0.2, 0.25) is 0 Å². The maximum atomic E-state index is 11.5. The van der Waals surface area contributed by atoms with Crippen molar-refractivity contribution < 1.29 is 14.6 Å². The first-order valence-electron chi connectivity index (χ1n) is 5.90. The second kappa shape index (κ2) is 5.82. The predicted octanol–water partition coefficient (Wildman–Crippen LogP) is 2.80. The zero-order valence-corrected chi connectivity index (χ0v) is 10.8. The summed E-state index contributed by atoms with van der Waals surface area (Å²) in [6.07, 6.45) is -1.41. The molecule has 0 spiro atoms. The molecular weight excluding hydrogens is 216 g/mol. The van der Waals surface area contributed by atoms with E-state index >= 15 is 0 Å². The van der Waals surface area contributed by atoms with Crippen molar-refractivity contribution in [3.63, 3.8) is 0 Å². The predicted molar refractivity (Wildman–Crippen MR) is 66.7 cm³/mol. The number of ether oxygens (including phenoxy) is 1. The Morgan fingerprint density at radius 1 is 1.06 bits per heavy atom. The number of hydrogen-bond donors (Lipinski definition) is 1. The van der Waals surface area contributed by atoms with E-state index < -0.39 is 12.1 Å². The fourth-order valence-electron chi connectivity index (χ4n) is 1.50. The van der Waals surface area contributed by atoms with Gasteiger partial charge < -0.3 is 9.84 Å². The molecular formula is C14H20O3. The Bertz CT molecular complexity index is 366. The Morgan fingerprint density at radius 3 is 1.94 bits per heavy atom. The standard InChI is InChI=1S/C14H20O3/c1-9(2)11-5-7-12(8-6-11)13(15)14(16)17-10(3)4/h5-10,13,15H,1-4H3. The van der Waals surface area contributed by atoms with Crippen LogP contribution in [0.5, 0.6) is 0 Å². The van der Waals surface area contributed by atoms with Gasteiger partial charge in [-0.25, -0.2) is 4.79 Å². The van der Waals surface area contributed by atoms with Gasteiger partial charge in [-0.3, -0.25) is 0 Å². The number of aliphatic hydroxyl groups is 1. The number of aliphatic hydroxyl groups excluding tert-OH is 1. The topological polar surface area (TPSA) is 46.5 Å². The summed E-state index contributed by atoms with van der Waals surface area (Å²) in [7, 11) is 0. The van der Waals surface area contributed by atoms with Crippen LogP contribution in [-0.4, -0.2) is 17.2 Å². The normalized spacial score (nSPS) is 12.9. The summed E-state index contributed by atoms with van der Waals surface area (Å²) < 4.78 is 4.96. The van der Waals surface area contributed by atoms with Gasteiger partial charge in [0.05, 0.1) is 6.10 Å². The van der Waals surface area contributed by atoms with Gasteiger partial charge in [-0.1, -0.05) is 38.1 Å². The van der Waals surface area contributed by atoms with Crippen LogP contribution in [0.25, 0.3) is 0 Å². The van der Waals surface area contributed by atoms with Crippen molar-refractivity contribution in [3.05, 3.63) is 35.4 Å². The van der Waals surface area contributed by atoms with Crippen molar-refractivity contribution in [2.75, 3.05) is 0 Å². The molecule has 0 fully saturated rings. The van der Waals surface area contributed by atoms with Crippen molar-refractivity contribution in [1.29, 1.82) is 0 Å². The summed E-state index contributed by atoms with van der Waals surface area (Å²) in [5.74, 6) is -0.166. The number of hydrogen-bond acceptors (Lipinski definition) is 3. The highest BCUT2D eigenvalue weighted by atomic mass is 16.6. The molecule has 0 aromatic heterocycles. The first-order valence-corrected chi connectivity index (χ1v) is 5.90. The molecule has 0 heterocycles. The van der Waals surface area contributed by atoms with E-state index in [2.05, 4.69) is 13.8 Å². The lowest BCUT2D eigenvalue weighted by Gasteiger charge is -2.14. The van der Waals surface area contributed by atoms with Crippen molar-refractivity contribution in [3.8, 4) is 0 Å². The van der Waals surface area contributed by atoms with Gasteiger partial charge in [-0.05, 0) is 30.9 Å². The van der Waals surface area contributed by atoms with E-state index in [1.165, 1.54) is 5.56 Å². The van der Waals surface area contributed by atoms with Crippen molar-refractivity contribution in [2.45, 2.75) is 45.8 Å². The molecule has 0 bridgehead atoms. The number of benzene rings is 1. The van der Waals surface area contributed by atoms with Gasteiger partial charge in [-0.15, -0.1) is 0 Å². The molecule has 0 saturated carbocycles. The number of carbonyl (C=O) groups is 1. The first-order chi connectivity index (χ1) is 7.91. The molecule has 1 aromatic rings. The molecule has 1 aromatic carbocycles. The van der Waals surface area contributed by atoms with E-state index in [4.69, 9.17) is 4.74 Å². The Morgan fingerprint density at radius 2 is 1.53 bits per heavy atom. The molecule has 1 rings (SSSR count). The average Bonchev–Trinajstić information content (AvgIpc) is 2.27. The average molecular weight is 236 g/mol. The van der Waals surface area contributed by atoms with Crippen molar-refractivity contribution >= 4 is 5.97 Å². The lowest BCUT2D eigenvalue weighted by molar-refractivity contribution is -0.157. The van der Waals surface area contributed by atoms with E-state index in [0.29, 0.717) is 11.5 Å². The minimum absolute atomic E-state index is 0.216. The third kappa shape index (κ3) is 3.86. The molecule has 1 atom stereocenters. The highest BCUT2D eigenvalue weighted by Gasteiger charge is 2.19. The lowest BCUT2D eigenvalue weighted by Crippen LogP contribution is -2.19. The highest BCUT2D eigenvalue weighted by Crippen LogP contribution is 2.19. The second-order valence-corrected chi connectivity index (χ2v) is 4.71. The minimum Gasteiger partial charge on any atom is -0.461 e. The summed E-state index contributed by atoms with van der Waals surface area (Å²) >= 11 is 0. The molecule has 17 heavy (non-hydrogen) atoms. The van der Waals surface area contributed by atoms with Crippen LogP contribution in [0.15, 0.2) is 24.3 Å². The van der Waals surface area contributed by atoms with Crippen LogP contribution < -0.4 is 0 Å². The molecule has 94 valence electrons. The quantitative estimate of drug-likeness (QED) is 0.818. The van der Waals surface area contributed by atoms with E-state index in [9.17, 15) is 9.90 Å². The van der Waals surface area contributed by atoms with Gasteiger partial charge >= 0.3 is 5.97 Å². The Hall–Kier alpha value is -1.35. The lowest BCUT2D eigenvalue weighted by atomic mass is 10.00. The SMILES string of the molecule is CC(C)OC(=O)C(O)c1ccc(C(C)C)cc1. The molecule has 1 N–H and O–H groups in total. The summed E-state index contributed by atoms with van der Waals surface area (Å²) in [6, 6.07) is 7.38. The largest absolute Gasteiger partial charge is 0.461 e. The van der Waals surface area contributed by atoms with Gasteiger partial charge in [0.2, 0.25) is 0 Å². The molecule has 0 radical (unpaired) electrons. The fourth-order valence-corrected chi connectivity index (χ4v) is 1.50. The van der Waals surface area contributed by atoms with E-state index in [1.54, 1.807) is 26.0 Å². The Balaban J connectivity index is 2.75. The maximum Gasteiger partial charge on any atom is 0.339 e. The van der Waals surface area contributed by atoms with Crippen LogP contribution in [0.3, 0.4) is 0 Å². The maximum absolute atomic E-state index is 11.5. The van der Waals surface area contributed by atoms with Gasteiger partial charge in [0.1, 0.15) is 0 Å². The van der Waals surface area contributed by atoms with Gasteiger partial charge in [0.25, 0.3) is 0 Å². The van der Waals surface area contributed by atoms with Gasteiger partial charge in [-0.2, -0.15) is 0 Å². The molecule has 0 amide bonds.